The smallest absolute Gasteiger partial charge is 0.306 e. The van der Waals surface area contributed by atoms with Crippen LogP contribution in [0, 0.1) is 0 Å². The van der Waals surface area contributed by atoms with Gasteiger partial charge in [0.1, 0.15) is 0 Å². The SMILES string of the molecule is O=c1[nH]c2ccccc2n1CCCSc1nccn1-c1ccc(Cl)cc1. The minimum atomic E-state index is -0.0566. The van der Waals surface area contributed by atoms with Crippen LogP contribution in [0.2, 0.25) is 5.02 Å². The number of aryl methyl sites for hydroxylation is 1. The number of aromatic nitrogens is 4. The summed E-state index contributed by atoms with van der Waals surface area (Å²) in [6, 6.07) is 15.4. The van der Waals surface area contributed by atoms with Crippen LogP contribution in [0.3, 0.4) is 0 Å². The summed E-state index contributed by atoms with van der Waals surface area (Å²) >= 11 is 7.64. The lowest BCUT2D eigenvalue weighted by molar-refractivity contribution is 0.678. The average molecular weight is 385 g/mol. The van der Waals surface area contributed by atoms with E-state index in [0.717, 1.165) is 34.1 Å². The van der Waals surface area contributed by atoms with Crippen LogP contribution in [0.4, 0.5) is 0 Å². The van der Waals surface area contributed by atoms with Crippen LogP contribution in [0.5, 0.6) is 0 Å². The summed E-state index contributed by atoms with van der Waals surface area (Å²) in [5.41, 5.74) is 2.80. The fourth-order valence-corrected chi connectivity index (χ4v) is 3.93. The first-order chi connectivity index (χ1) is 12.7. The molecule has 0 bridgehead atoms. The van der Waals surface area contributed by atoms with Gasteiger partial charge >= 0.3 is 5.69 Å². The predicted molar refractivity (Wildman–Crippen MR) is 106 cm³/mol. The number of rotatable bonds is 6. The maximum atomic E-state index is 12.1. The molecule has 4 aromatic rings. The van der Waals surface area contributed by atoms with Gasteiger partial charge in [0.2, 0.25) is 0 Å². The van der Waals surface area contributed by atoms with Crippen LogP contribution in [-0.2, 0) is 6.54 Å². The molecule has 26 heavy (non-hydrogen) atoms. The zero-order valence-electron chi connectivity index (χ0n) is 13.9. The second-order valence-corrected chi connectivity index (χ2v) is 7.36. The number of hydrogen-bond donors (Lipinski definition) is 1. The Morgan fingerprint density at radius 1 is 1.12 bits per heavy atom. The summed E-state index contributed by atoms with van der Waals surface area (Å²) < 4.78 is 3.83. The van der Waals surface area contributed by atoms with Gasteiger partial charge in [-0.05, 0) is 42.8 Å². The highest BCUT2D eigenvalue weighted by Crippen LogP contribution is 2.22. The van der Waals surface area contributed by atoms with E-state index in [-0.39, 0.29) is 5.69 Å². The van der Waals surface area contributed by atoms with Crippen LogP contribution in [0.25, 0.3) is 16.7 Å². The van der Waals surface area contributed by atoms with E-state index in [2.05, 4.69) is 9.97 Å². The first-order valence-corrected chi connectivity index (χ1v) is 9.68. The number of nitrogens with one attached hydrogen (secondary N) is 1. The number of H-pyrrole nitrogens is 1. The highest BCUT2D eigenvalue weighted by Gasteiger charge is 2.08. The van der Waals surface area contributed by atoms with Gasteiger partial charge in [-0.15, -0.1) is 0 Å². The quantitative estimate of drug-likeness (QED) is 0.397. The standard InChI is InChI=1S/C19H17ClN4OS/c20-14-6-8-15(9-7-14)23-12-10-21-19(23)26-13-3-11-24-17-5-2-1-4-16(17)22-18(24)25/h1-2,4-10,12H,3,11,13H2,(H,22,25). The Morgan fingerprint density at radius 3 is 2.77 bits per heavy atom. The average Bonchev–Trinajstić information content (AvgIpc) is 3.23. The number of imidazole rings is 2. The van der Waals surface area contributed by atoms with E-state index in [0.29, 0.717) is 11.6 Å². The van der Waals surface area contributed by atoms with E-state index in [1.54, 1.807) is 22.5 Å². The van der Waals surface area contributed by atoms with Gasteiger partial charge < -0.3 is 4.98 Å². The van der Waals surface area contributed by atoms with Crippen LogP contribution in [0.15, 0.2) is 70.9 Å². The Balaban J connectivity index is 1.41. The van der Waals surface area contributed by atoms with E-state index in [1.807, 2.05) is 59.3 Å². The molecule has 2 aromatic carbocycles. The molecule has 0 aliphatic rings. The molecule has 0 saturated carbocycles. The molecule has 1 N–H and O–H groups in total. The van der Waals surface area contributed by atoms with Crippen LogP contribution >= 0.6 is 23.4 Å². The van der Waals surface area contributed by atoms with Crippen LogP contribution < -0.4 is 5.69 Å². The third kappa shape index (κ3) is 3.43. The molecule has 0 radical (unpaired) electrons. The van der Waals surface area contributed by atoms with Crippen molar-refractivity contribution in [3.8, 4) is 5.69 Å². The third-order valence-corrected chi connectivity index (χ3v) is 5.46. The summed E-state index contributed by atoms with van der Waals surface area (Å²) in [6.45, 7) is 0.678. The molecule has 0 aliphatic carbocycles. The molecule has 0 atom stereocenters. The van der Waals surface area contributed by atoms with Crippen LogP contribution in [0.1, 0.15) is 6.42 Å². The maximum absolute atomic E-state index is 12.1. The Bertz CT molecular complexity index is 1080. The summed E-state index contributed by atoms with van der Waals surface area (Å²) in [7, 11) is 0. The van der Waals surface area contributed by atoms with Gasteiger partial charge in [-0.2, -0.15) is 0 Å². The Hall–Kier alpha value is -2.44. The van der Waals surface area contributed by atoms with Crippen LogP contribution in [-0.4, -0.2) is 24.9 Å². The Kier molecular flexibility index (Phi) is 4.86. The number of fused-ring (bicyclic) bond motifs is 1. The monoisotopic (exact) mass is 384 g/mol. The maximum Gasteiger partial charge on any atom is 0.326 e. The lowest BCUT2D eigenvalue weighted by Crippen LogP contribution is -2.17. The molecule has 132 valence electrons. The Labute approximate surface area is 159 Å². The molecule has 2 heterocycles. The van der Waals surface area contributed by atoms with Gasteiger partial charge in [-0.3, -0.25) is 9.13 Å². The fourth-order valence-electron chi connectivity index (χ4n) is 2.91. The molecule has 0 amide bonds. The van der Waals surface area contributed by atoms with Crippen molar-refractivity contribution in [2.45, 2.75) is 18.1 Å². The van der Waals surface area contributed by atoms with Gasteiger partial charge in [-0.25, -0.2) is 9.78 Å². The minimum absolute atomic E-state index is 0.0566. The van der Waals surface area contributed by atoms with E-state index < -0.39 is 0 Å². The fraction of sp³-hybridized carbons (Fsp3) is 0.158. The summed E-state index contributed by atoms with van der Waals surface area (Å²) in [6.07, 6.45) is 4.61. The minimum Gasteiger partial charge on any atom is -0.306 e. The van der Waals surface area contributed by atoms with Crippen molar-refractivity contribution in [2.24, 2.45) is 0 Å². The molecule has 0 spiro atoms. The van der Waals surface area contributed by atoms with Crippen molar-refractivity contribution in [3.05, 3.63) is 76.4 Å². The lowest BCUT2D eigenvalue weighted by atomic mass is 10.3. The Morgan fingerprint density at radius 2 is 1.92 bits per heavy atom. The number of hydrogen-bond acceptors (Lipinski definition) is 3. The van der Waals surface area contributed by atoms with Gasteiger partial charge in [0, 0.05) is 35.4 Å². The van der Waals surface area contributed by atoms with Crippen molar-refractivity contribution in [3.63, 3.8) is 0 Å². The summed E-state index contributed by atoms with van der Waals surface area (Å²) in [4.78, 5) is 19.4. The van der Waals surface area contributed by atoms with Crippen molar-refractivity contribution in [2.75, 3.05) is 5.75 Å². The molecular weight excluding hydrogens is 368 g/mol. The molecule has 0 fully saturated rings. The largest absolute Gasteiger partial charge is 0.326 e. The number of para-hydroxylation sites is 2. The van der Waals surface area contributed by atoms with E-state index >= 15 is 0 Å². The molecule has 2 aromatic heterocycles. The van der Waals surface area contributed by atoms with Gasteiger partial charge in [0.05, 0.1) is 11.0 Å². The van der Waals surface area contributed by atoms with E-state index in [4.69, 9.17) is 11.6 Å². The number of aromatic amines is 1. The summed E-state index contributed by atoms with van der Waals surface area (Å²) in [5, 5.41) is 1.64. The second-order valence-electron chi connectivity index (χ2n) is 5.86. The molecular formula is C19H17ClN4OS. The number of benzene rings is 2. The van der Waals surface area contributed by atoms with E-state index in [9.17, 15) is 4.79 Å². The van der Waals surface area contributed by atoms with Crippen molar-refractivity contribution in [1.29, 1.82) is 0 Å². The summed E-state index contributed by atoms with van der Waals surface area (Å²) in [5.74, 6) is 0.872. The second kappa shape index (κ2) is 7.43. The molecule has 0 aliphatic heterocycles. The third-order valence-electron chi connectivity index (χ3n) is 4.15. The number of halogens is 1. The van der Waals surface area contributed by atoms with Gasteiger partial charge in [-0.1, -0.05) is 35.5 Å². The zero-order valence-corrected chi connectivity index (χ0v) is 15.5. The lowest BCUT2D eigenvalue weighted by Gasteiger charge is -2.08. The highest BCUT2D eigenvalue weighted by atomic mass is 35.5. The predicted octanol–water partition coefficient (Wildman–Crippen LogP) is 4.35. The highest BCUT2D eigenvalue weighted by molar-refractivity contribution is 7.99. The number of nitrogens with zero attached hydrogens (tertiary/aromatic N) is 3. The number of thioether (sulfide) groups is 1. The zero-order chi connectivity index (χ0) is 17.9. The first-order valence-electron chi connectivity index (χ1n) is 8.32. The first kappa shape index (κ1) is 17.0. The van der Waals surface area contributed by atoms with Gasteiger partial charge in [0.15, 0.2) is 5.16 Å². The normalized spacial score (nSPS) is 11.3. The topological polar surface area (TPSA) is 55.6 Å². The van der Waals surface area contributed by atoms with Crippen molar-refractivity contribution in [1.82, 2.24) is 19.1 Å². The molecule has 5 nitrogen and oxygen atoms in total. The van der Waals surface area contributed by atoms with Gasteiger partial charge in [0.25, 0.3) is 0 Å². The molecule has 0 saturated heterocycles. The van der Waals surface area contributed by atoms with E-state index in [1.165, 1.54) is 0 Å². The van der Waals surface area contributed by atoms with Crippen molar-refractivity contribution >= 4 is 34.4 Å². The molecule has 4 rings (SSSR count). The molecule has 7 heteroatoms. The van der Waals surface area contributed by atoms with Crippen molar-refractivity contribution < 1.29 is 0 Å². The molecule has 0 unspecified atom stereocenters.